The molecule has 0 saturated heterocycles. The van der Waals surface area contributed by atoms with E-state index in [-0.39, 0.29) is 10.8 Å². The molecule has 0 fully saturated rings. The molecule has 324 valence electrons. The van der Waals surface area contributed by atoms with Crippen LogP contribution >= 0.6 is 0 Å². The minimum absolute atomic E-state index is 0.0209. The molecule has 2 aliphatic rings. The third-order valence-electron chi connectivity index (χ3n) is 14.0. The van der Waals surface area contributed by atoms with Gasteiger partial charge in [-0.25, -0.2) is 4.98 Å². The van der Waals surface area contributed by atoms with Gasteiger partial charge >= 0.3 is 0 Å². The maximum atomic E-state index is 5.41. The Bertz CT molecular complexity index is 3360. The van der Waals surface area contributed by atoms with Gasteiger partial charge in [-0.15, -0.1) is 0 Å². The lowest BCUT2D eigenvalue weighted by molar-refractivity contribution is 0.590. The molecular weight excluding hydrogens is 815 g/mol. The van der Waals surface area contributed by atoms with Crippen molar-refractivity contribution < 1.29 is 0 Å². The predicted octanol–water partition coefficient (Wildman–Crippen LogP) is 15.6. The van der Waals surface area contributed by atoms with Crippen molar-refractivity contribution in [1.82, 2.24) is 19.5 Å². The topological polar surface area (TPSA) is 46.8 Å². The molecular formula is C62H51N5. The Morgan fingerprint density at radius 2 is 0.836 bits per heavy atom. The number of rotatable bonds is 6. The van der Waals surface area contributed by atoms with E-state index in [0.717, 1.165) is 50.3 Å². The van der Waals surface area contributed by atoms with Crippen LogP contribution in [-0.4, -0.2) is 19.5 Å². The van der Waals surface area contributed by atoms with Crippen molar-refractivity contribution in [2.75, 3.05) is 4.90 Å². The summed E-state index contributed by atoms with van der Waals surface area (Å²) in [6, 6.07) is 72.8. The van der Waals surface area contributed by atoms with E-state index >= 15 is 0 Å². The zero-order valence-electron chi connectivity index (χ0n) is 38.8. The van der Waals surface area contributed by atoms with E-state index in [1.165, 1.54) is 44.5 Å². The van der Waals surface area contributed by atoms with Gasteiger partial charge in [-0.3, -0.25) is 4.57 Å². The van der Waals surface area contributed by atoms with Gasteiger partial charge in [0.1, 0.15) is 0 Å². The first kappa shape index (κ1) is 40.6. The fraction of sp³-hybridized carbons (Fsp3) is 0.145. The van der Waals surface area contributed by atoms with Crippen molar-refractivity contribution in [2.45, 2.75) is 57.8 Å². The third kappa shape index (κ3) is 6.32. The number of benzene rings is 8. The highest BCUT2D eigenvalue weighted by atomic mass is 15.2. The van der Waals surface area contributed by atoms with Gasteiger partial charge in [0, 0.05) is 44.7 Å². The second-order valence-electron chi connectivity index (χ2n) is 20.1. The van der Waals surface area contributed by atoms with Crippen LogP contribution in [0.5, 0.6) is 0 Å². The highest BCUT2D eigenvalue weighted by Crippen LogP contribution is 2.65. The Kier molecular flexibility index (Phi) is 9.14. The smallest absolute Gasteiger partial charge is 0.238 e. The molecule has 0 aliphatic heterocycles. The monoisotopic (exact) mass is 865 g/mol. The second kappa shape index (κ2) is 15.1. The Balaban J connectivity index is 1.20. The Hall–Kier alpha value is -7.89. The Morgan fingerprint density at radius 3 is 1.31 bits per heavy atom. The van der Waals surface area contributed by atoms with Crippen molar-refractivity contribution in [2.24, 2.45) is 0 Å². The molecule has 8 aromatic carbocycles. The van der Waals surface area contributed by atoms with Gasteiger partial charge in [0.05, 0.1) is 16.6 Å². The lowest BCUT2D eigenvalue weighted by Crippen LogP contribution is -2.25. The van der Waals surface area contributed by atoms with E-state index < -0.39 is 5.41 Å². The van der Waals surface area contributed by atoms with Crippen molar-refractivity contribution >= 4 is 28.0 Å². The molecule has 0 unspecified atom stereocenters. The standard InChI is InChI=1S/C62H51N5/c1-60(2,3)42-29-33-44(34-30-42)66(45-35-31-43(32-36-45)61(4,5)6)46-37-38-54-50(39-46)55-56(67(54)59-64-57(40-19-9-7-10-20-40)63-58(65-59)41-21-11-8-12-22-41)49-25-15-18-28-53(49)62(55)51-26-16-13-23-47(51)48-24-14-17-27-52(48)62/h7-39H,1-6H3. The van der Waals surface area contributed by atoms with Gasteiger partial charge in [-0.05, 0) is 92.2 Å². The number of fused-ring (bicyclic) bond motifs is 12. The van der Waals surface area contributed by atoms with Crippen LogP contribution < -0.4 is 4.90 Å². The van der Waals surface area contributed by atoms with E-state index in [2.05, 4.69) is 215 Å². The van der Waals surface area contributed by atoms with E-state index in [9.17, 15) is 0 Å². The maximum Gasteiger partial charge on any atom is 0.238 e. The molecule has 5 nitrogen and oxygen atoms in total. The van der Waals surface area contributed by atoms with Crippen molar-refractivity contribution in [3.63, 3.8) is 0 Å². The summed E-state index contributed by atoms with van der Waals surface area (Å²) in [6.07, 6.45) is 0. The lowest BCUT2D eigenvalue weighted by atomic mass is 9.70. The summed E-state index contributed by atoms with van der Waals surface area (Å²) in [5.41, 5.74) is 18.0. The van der Waals surface area contributed by atoms with Gasteiger partial charge in [-0.2, -0.15) is 9.97 Å². The number of hydrogen-bond acceptors (Lipinski definition) is 4. The van der Waals surface area contributed by atoms with Crippen LogP contribution in [0.4, 0.5) is 17.1 Å². The molecule has 2 heterocycles. The molecule has 67 heavy (non-hydrogen) atoms. The summed E-state index contributed by atoms with van der Waals surface area (Å²) in [5, 5.41) is 1.14. The van der Waals surface area contributed by atoms with Crippen LogP contribution in [0.2, 0.25) is 0 Å². The average molecular weight is 866 g/mol. The first-order valence-corrected chi connectivity index (χ1v) is 23.4. The van der Waals surface area contributed by atoms with E-state index in [0.29, 0.717) is 17.6 Å². The van der Waals surface area contributed by atoms with Gasteiger partial charge in [0.25, 0.3) is 0 Å². The van der Waals surface area contributed by atoms with E-state index in [1.807, 2.05) is 36.4 Å². The minimum Gasteiger partial charge on any atom is -0.310 e. The molecule has 5 heteroatoms. The molecule has 2 aliphatic carbocycles. The SMILES string of the molecule is CC(C)(C)c1ccc(N(c2ccc(C(C)(C)C)cc2)c2ccc3c(c2)c2c(n3-c3nc(-c4ccccc4)nc(-c4ccccc4)n3)-c3ccccc3C23c2ccccc2-c2ccccc23)cc1. The molecule has 0 bridgehead atoms. The van der Waals surface area contributed by atoms with Crippen LogP contribution in [0, 0.1) is 0 Å². The molecule has 0 amide bonds. The highest BCUT2D eigenvalue weighted by molar-refractivity contribution is 6.06. The molecule has 0 atom stereocenters. The van der Waals surface area contributed by atoms with Crippen molar-refractivity contribution in [1.29, 1.82) is 0 Å². The summed E-state index contributed by atoms with van der Waals surface area (Å²) in [6.45, 7) is 13.6. The fourth-order valence-electron chi connectivity index (χ4n) is 10.8. The van der Waals surface area contributed by atoms with Gasteiger partial charge in [0.15, 0.2) is 11.6 Å². The zero-order valence-corrected chi connectivity index (χ0v) is 38.8. The first-order valence-electron chi connectivity index (χ1n) is 23.4. The van der Waals surface area contributed by atoms with E-state index in [4.69, 9.17) is 15.0 Å². The molecule has 10 aromatic rings. The summed E-state index contributed by atoms with van der Waals surface area (Å²) in [5.74, 6) is 1.82. The van der Waals surface area contributed by atoms with Gasteiger partial charge in [-0.1, -0.05) is 199 Å². The summed E-state index contributed by atoms with van der Waals surface area (Å²) < 4.78 is 2.33. The normalized spacial score (nSPS) is 13.3. The predicted molar refractivity (Wildman–Crippen MR) is 276 cm³/mol. The summed E-state index contributed by atoms with van der Waals surface area (Å²) >= 11 is 0. The number of nitrogens with zero attached hydrogens (tertiary/aromatic N) is 5. The highest BCUT2D eigenvalue weighted by Gasteiger charge is 2.54. The summed E-state index contributed by atoms with van der Waals surface area (Å²) in [7, 11) is 0. The largest absolute Gasteiger partial charge is 0.310 e. The number of aromatic nitrogens is 4. The molecule has 2 aromatic heterocycles. The summed E-state index contributed by atoms with van der Waals surface area (Å²) in [4.78, 5) is 18.4. The average Bonchev–Trinajstić information content (AvgIpc) is 3.96. The molecule has 12 rings (SSSR count). The van der Waals surface area contributed by atoms with Crippen LogP contribution in [0.3, 0.4) is 0 Å². The molecule has 0 N–H and O–H groups in total. The maximum absolute atomic E-state index is 5.41. The Labute approximate surface area is 393 Å². The van der Waals surface area contributed by atoms with Crippen LogP contribution in [0.1, 0.15) is 74.9 Å². The van der Waals surface area contributed by atoms with Gasteiger partial charge in [0.2, 0.25) is 5.95 Å². The van der Waals surface area contributed by atoms with Crippen molar-refractivity contribution in [3.8, 4) is 51.1 Å². The molecule has 0 saturated carbocycles. The lowest BCUT2D eigenvalue weighted by Gasteiger charge is -2.31. The van der Waals surface area contributed by atoms with E-state index in [1.54, 1.807) is 0 Å². The quantitative estimate of drug-likeness (QED) is 0.167. The minimum atomic E-state index is -0.619. The first-order chi connectivity index (χ1) is 32.5. The van der Waals surface area contributed by atoms with Crippen LogP contribution in [0.25, 0.3) is 62.0 Å². The molecule has 0 radical (unpaired) electrons. The fourth-order valence-corrected chi connectivity index (χ4v) is 10.8. The van der Waals surface area contributed by atoms with Gasteiger partial charge < -0.3 is 4.90 Å². The second-order valence-corrected chi connectivity index (χ2v) is 20.1. The van der Waals surface area contributed by atoms with Crippen LogP contribution in [-0.2, 0) is 16.2 Å². The zero-order chi connectivity index (χ0) is 45.7. The number of anilines is 3. The molecule has 1 spiro atoms. The number of hydrogen-bond donors (Lipinski definition) is 0. The van der Waals surface area contributed by atoms with Crippen LogP contribution in [0.15, 0.2) is 200 Å². The van der Waals surface area contributed by atoms with Crippen molar-refractivity contribution in [3.05, 3.63) is 234 Å². The third-order valence-corrected chi connectivity index (χ3v) is 14.0. The Morgan fingerprint density at radius 1 is 0.418 bits per heavy atom.